The molecular formula is C21H30N4O. The summed E-state index contributed by atoms with van der Waals surface area (Å²) in [5.74, 6) is 0.225. The van der Waals surface area contributed by atoms with Gasteiger partial charge in [-0.25, -0.2) is 0 Å². The zero-order valence-electron chi connectivity index (χ0n) is 16.2. The highest BCUT2D eigenvalue weighted by molar-refractivity contribution is 5.77. The lowest BCUT2D eigenvalue weighted by atomic mass is 10.1. The summed E-state index contributed by atoms with van der Waals surface area (Å²) in [6.07, 6.45) is 3.39. The molecule has 1 aromatic carbocycles. The molecule has 5 heteroatoms. The fourth-order valence-electron chi connectivity index (χ4n) is 3.90. The van der Waals surface area contributed by atoms with E-state index in [0.29, 0.717) is 13.0 Å². The second kappa shape index (κ2) is 8.04. The van der Waals surface area contributed by atoms with E-state index in [1.807, 2.05) is 11.8 Å². The number of nitrogens with two attached hydrogens (primary N) is 1. The predicted octanol–water partition coefficient (Wildman–Crippen LogP) is 2.74. The lowest BCUT2D eigenvalue weighted by molar-refractivity contribution is -0.131. The van der Waals surface area contributed by atoms with E-state index in [9.17, 15) is 4.79 Å². The lowest BCUT2D eigenvalue weighted by Gasteiger charge is -2.23. The molecule has 1 fully saturated rings. The van der Waals surface area contributed by atoms with Gasteiger partial charge in [-0.15, -0.1) is 0 Å². The summed E-state index contributed by atoms with van der Waals surface area (Å²) in [6.45, 7) is 8.42. The second-order valence-corrected chi connectivity index (χ2v) is 7.41. The van der Waals surface area contributed by atoms with E-state index in [1.54, 1.807) is 0 Å². The quantitative estimate of drug-likeness (QED) is 0.867. The van der Waals surface area contributed by atoms with Crippen LogP contribution in [0.5, 0.6) is 0 Å². The van der Waals surface area contributed by atoms with Crippen molar-refractivity contribution in [2.45, 2.75) is 59.0 Å². The van der Waals surface area contributed by atoms with E-state index < -0.39 is 0 Å². The maximum Gasteiger partial charge on any atom is 0.223 e. The topological polar surface area (TPSA) is 64.2 Å². The molecule has 26 heavy (non-hydrogen) atoms. The van der Waals surface area contributed by atoms with Gasteiger partial charge < -0.3 is 10.6 Å². The maximum absolute atomic E-state index is 12.6. The van der Waals surface area contributed by atoms with Crippen molar-refractivity contribution >= 4 is 5.91 Å². The fraction of sp³-hybridized carbons (Fsp3) is 0.524. The van der Waals surface area contributed by atoms with Crippen LogP contribution in [0, 0.1) is 20.8 Å². The highest BCUT2D eigenvalue weighted by Gasteiger charge is 2.27. The number of rotatable bonds is 6. The SMILES string of the molecule is Cc1ccc(Cn2nc(C)c(CCC(=O)N3CCC[C@@H]3CN)c2C)cc1. The summed E-state index contributed by atoms with van der Waals surface area (Å²) in [4.78, 5) is 14.6. The van der Waals surface area contributed by atoms with Crippen LogP contribution in [0.25, 0.3) is 0 Å². The molecule has 0 saturated carbocycles. The Kier molecular flexibility index (Phi) is 5.77. The molecule has 0 spiro atoms. The summed E-state index contributed by atoms with van der Waals surface area (Å²) >= 11 is 0. The van der Waals surface area contributed by atoms with Gasteiger partial charge in [0.15, 0.2) is 0 Å². The Balaban J connectivity index is 1.66. The first-order valence-corrected chi connectivity index (χ1v) is 9.57. The van der Waals surface area contributed by atoms with Crippen LogP contribution < -0.4 is 5.73 Å². The standard InChI is InChI=1S/C21H30N4O/c1-15-6-8-18(9-7-15)14-25-17(3)20(16(2)23-25)10-11-21(26)24-12-4-5-19(24)13-22/h6-9,19H,4-5,10-14,22H2,1-3H3/t19-/m1/s1. The number of nitrogens with zero attached hydrogens (tertiary/aromatic N) is 3. The molecule has 1 aromatic heterocycles. The minimum Gasteiger partial charge on any atom is -0.338 e. The normalized spacial score (nSPS) is 17.1. The third-order valence-corrected chi connectivity index (χ3v) is 5.54. The molecule has 0 unspecified atom stereocenters. The van der Waals surface area contributed by atoms with Gasteiger partial charge >= 0.3 is 0 Å². The first-order chi connectivity index (χ1) is 12.5. The third-order valence-electron chi connectivity index (χ3n) is 5.54. The molecule has 0 bridgehead atoms. The van der Waals surface area contributed by atoms with E-state index >= 15 is 0 Å². The number of carbonyl (C=O) groups excluding carboxylic acids is 1. The predicted molar refractivity (Wildman–Crippen MR) is 104 cm³/mol. The smallest absolute Gasteiger partial charge is 0.223 e. The van der Waals surface area contributed by atoms with Crippen LogP contribution in [0.3, 0.4) is 0 Å². The monoisotopic (exact) mass is 354 g/mol. The van der Waals surface area contributed by atoms with Crippen molar-refractivity contribution in [3.8, 4) is 0 Å². The van der Waals surface area contributed by atoms with E-state index in [1.165, 1.54) is 16.7 Å². The van der Waals surface area contributed by atoms with Crippen molar-refractivity contribution in [1.82, 2.24) is 14.7 Å². The van der Waals surface area contributed by atoms with E-state index in [4.69, 9.17) is 10.8 Å². The molecule has 5 nitrogen and oxygen atoms in total. The summed E-state index contributed by atoms with van der Waals surface area (Å²) in [7, 11) is 0. The lowest BCUT2D eigenvalue weighted by Crippen LogP contribution is -2.40. The van der Waals surface area contributed by atoms with Crippen molar-refractivity contribution in [2.24, 2.45) is 5.73 Å². The van der Waals surface area contributed by atoms with Crippen molar-refractivity contribution in [3.05, 3.63) is 52.3 Å². The Morgan fingerprint density at radius 1 is 1.23 bits per heavy atom. The van der Waals surface area contributed by atoms with Crippen molar-refractivity contribution in [2.75, 3.05) is 13.1 Å². The average molecular weight is 354 g/mol. The Hall–Kier alpha value is -2.14. The molecule has 1 aliphatic rings. The molecule has 3 rings (SSSR count). The van der Waals surface area contributed by atoms with Gasteiger partial charge in [0.05, 0.1) is 12.2 Å². The highest BCUT2D eigenvalue weighted by atomic mass is 16.2. The second-order valence-electron chi connectivity index (χ2n) is 7.41. The number of benzene rings is 1. The van der Waals surface area contributed by atoms with Gasteiger partial charge in [-0.2, -0.15) is 5.10 Å². The first kappa shape index (κ1) is 18.6. The molecule has 0 radical (unpaired) electrons. The van der Waals surface area contributed by atoms with Gasteiger partial charge in [0.2, 0.25) is 5.91 Å². The third kappa shape index (κ3) is 3.98. The van der Waals surface area contributed by atoms with E-state index in [0.717, 1.165) is 43.7 Å². The Labute approximate surface area is 156 Å². The largest absolute Gasteiger partial charge is 0.338 e. The first-order valence-electron chi connectivity index (χ1n) is 9.57. The molecule has 2 heterocycles. The Bertz CT molecular complexity index is 763. The van der Waals surface area contributed by atoms with Gasteiger partial charge in [-0.3, -0.25) is 9.48 Å². The molecule has 2 N–H and O–H groups in total. The highest BCUT2D eigenvalue weighted by Crippen LogP contribution is 2.20. The molecule has 1 amide bonds. The number of hydrogen-bond donors (Lipinski definition) is 1. The number of amides is 1. The minimum absolute atomic E-state index is 0.225. The Morgan fingerprint density at radius 2 is 1.96 bits per heavy atom. The molecule has 0 aliphatic carbocycles. The van der Waals surface area contributed by atoms with Crippen LogP contribution in [-0.4, -0.2) is 39.7 Å². The number of aromatic nitrogens is 2. The Morgan fingerprint density at radius 3 is 2.65 bits per heavy atom. The number of hydrogen-bond acceptors (Lipinski definition) is 3. The molecule has 1 aliphatic heterocycles. The molecule has 140 valence electrons. The van der Waals surface area contributed by atoms with Crippen LogP contribution in [0.1, 0.15) is 47.3 Å². The van der Waals surface area contributed by atoms with Crippen LogP contribution in [0.2, 0.25) is 0 Å². The van der Waals surface area contributed by atoms with Gasteiger partial charge in [0, 0.05) is 31.2 Å². The van der Waals surface area contributed by atoms with Gasteiger partial charge in [0.1, 0.15) is 0 Å². The fourth-order valence-corrected chi connectivity index (χ4v) is 3.90. The number of likely N-dealkylation sites (tertiary alicyclic amines) is 1. The summed E-state index contributed by atoms with van der Waals surface area (Å²) in [5.41, 5.74) is 11.7. The van der Waals surface area contributed by atoms with Crippen LogP contribution in [-0.2, 0) is 17.8 Å². The van der Waals surface area contributed by atoms with Crippen LogP contribution in [0.4, 0.5) is 0 Å². The average Bonchev–Trinajstić information content (AvgIpc) is 3.20. The summed E-state index contributed by atoms with van der Waals surface area (Å²) in [5, 5.41) is 4.71. The molecular weight excluding hydrogens is 324 g/mol. The summed E-state index contributed by atoms with van der Waals surface area (Å²) < 4.78 is 2.05. The summed E-state index contributed by atoms with van der Waals surface area (Å²) in [6, 6.07) is 8.79. The molecule has 2 aromatic rings. The number of carbonyl (C=O) groups is 1. The van der Waals surface area contributed by atoms with Gasteiger partial charge in [-0.1, -0.05) is 29.8 Å². The van der Waals surface area contributed by atoms with Crippen LogP contribution in [0.15, 0.2) is 24.3 Å². The molecule has 1 saturated heterocycles. The number of aryl methyl sites for hydroxylation is 2. The van der Waals surface area contributed by atoms with Crippen LogP contribution >= 0.6 is 0 Å². The van der Waals surface area contributed by atoms with Crippen molar-refractivity contribution < 1.29 is 4.79 Å². The van der Waals surface area contributed by atoms with Crippen molar-refractivity contribution in [1.29, 1.82) is 0 Å². The van der Waals surface area contributed by atoms with Gasteiger partial charge in [0.25, 0.3) is 0 Å². The zero-order chi connectivity index (χ0) is 18.7. The van der Waals surface area contributed by atoms with Gasteiger partial charge in [-0.05, 0) is 51.2 Å². The zero-order valence-corrected chi connectivity index (χ0v) is 16.2. The van der Waals surface area contributed by atoms with E-state index in [-0.39, 0.29) is 11.9 Å². The maximum atomic E-state index is 12.6. The van der Waals surface area contributed by atoms with E-state index in [2.05, 4.69) is 42.8 Å². The molecule has 1 atom stereocenters. The minimum atomic E-state index is 0.225. The van der Waals surface area contributed by atoms with Crippen molar-refractivity contribution in [3.63, 3.8) is 0 Å².